The number of hydrogen-bond donors (Lipinski definition) is 0. The van der Waals surface area contributed by atoms with Crippen LogP contribution in [0.1, 0.15) is 16.7 Å². The molecule has 0 N–H and O–H groups in total. The Hall–Kier alpha value is -2.92. The molecule has 136 valence electrons. The molecule has 27 heavy (non-hydrogen) atoms. The number of aryl methyl sites for hydroxylation is 1. The number of hydrogen-bond acceptors (Lipinski definition) is 2. The zero-order valence-electron chi connectivity index (χ0n) is 14.8. The van der Waals surface area contributed by atoms with Crippen LogP contribution in [0.25, 0.3) is 11.6 Å². The molecular weight excluding hydrogens is 361 g/mol. The van der Waals surface area contributed by atoms with E-state index in [4.69, 9.17) is 0 Å². The third-order valence-electron chi connectivity index (χ3n) is 4.66. The first-order chi connectivity index (χ1) is 12.9. The van der Waals surface area contributed by atoms with Gasteiger partial charge in [0.25, 0.3) is 10.0 Å². The van der Waals surface area contributed by atoms with Crippen LogP contribution in [0.15, 0.2) is 77.7 Å². The molecule has 0 saturated carbocycles. The molecule has 4 rings (SSSR count). The van der Waals surface area contributed by atoms with E-state index in [2.05, 4.69) is 0 Å². The van der Waals surface area contributed by atoms with Crippen LogP contribution in [0.3, 0.4) is 0 Å². The summed E-state index contributed by atoms with van der Waals surface area (Å²) in [5.41, 5.74) is 3.82. The number of anilines is 1. The molecule has 0 unspecified atom stereocenters. The van der Waals surface area contributed by atoms with Crippen molar-refractivity contribution in [3.8, 4) is 0 Å². The first-order valence-electron chi connectivity index (χ1n) is 8.60. The minimum Gasteiger partial charge on any atom is -0.261 e. The zero-order valence-corrected chi connectivity index (χ0v) is 15.6. The summed E-state index contributed by atoms with van der Waals surface area (Å²) in [6, 6.07) is 20.6. The van der Waals surface area contributed by atoms with Gasteiger partial charge in [0.1, 0.15) is 5.82 Å². The van der Waals surface area contributed by atoms with Crippen molar-refractivity contribution < 1.29 is 12.8 Å². The Balaban J connectivity index is 1.86. The van der Waals surface area contributed by atoms with Crippen LogP contribution >= 0.6 is 0 Å². The largest absolute Gasteiger partial charge is 0.264 e. The monoisotopic (exact) mass is 379 g/mol. The second kappa shape index (κ2) is 6.67. The smallest absolute Gasteiger partial charge is 0.261 e. The predicted octanol–water partition coefficient (Wildman–Crippen LogP) is 4.88. The minimum atomic E-state index is -3.82. The van der Waals surface area contributed by atoms with Gasteiger partial charge in [0.2, 0.25) is 0 Å². The van der Waals surface area contributed by atoms with Gasteiger partial charge in [-0.3, -0.25) is 4.31 Å². The summed E-state index contributed by atoms with van der Waals surface area (Å²) in [5, 5.41) is 0. The maximum absolute atomic E-state index is 13.9. The van der Waals surface area contributed by atoms with Crippen LogP contribution in [0.4, 0.5) is 10.1 Å². The third kappa shape index (κ3) is 3.26. The third-order valence-corrected chi connectivity index (χ3v) is 6.43. The average molecular weight is 379 g/mol. The van der Waals surface area contributed by atoms with Gasteiger partial charge in [-0.05, 0) is 60.0 Å². The van der Waals surface area contributed by atoms with Crippen LogP contribution in [-0.2, 0) is 10.0 Å². The Morgan fingerprint density at radius 2 is 1.63 bits per heavy atom. The highest BCUT2D eigenvalue weighted by atomic mass is 32.2. The molecule has 3 aromatic carbocycles. The Kier molecular flexibility index (Phi) is 4.32. The highest BCUT2D eigenvalue weighted by Crippen LogP contribution is 2.36. The number of rotatable bonds is 3. The van der Waals surface area contributed by atoms with E-state index in [-0.39, 0.29) is 11.4 Å². The summed E-state index contributed by atoms with van der Waals surface area (Å²) in [6.07, 6.45) is 1.92. The van der Waals surface area contributed by atoms with Gasteiger partial charge in [0.15, 0.2) is 0 Å². The summed E-state index contributed by atoms with van der Waals surface area (Å²) >= 11 is 0. The molecule has 0 spiro atoms. The highest BCUT2D eigenvalue weighted by Gasteiger charge is 2.30. The van der Waals surface area contributed by atoms with Crippen molar-refractivity contribution in [3.63, 3.8) is 0 Å². The molecule has 1 heterocycles. The normalized spacial score (nSPS) is 13.9. The first-order valence-corrected chi connectivity index (χ1v) is 10.0. The van der Waals surface area contributed by atoms with Gasteiger partial charge < -0.3 is 0 Å². The fourth-order valence-corrected chi connectivity index (χ4v) is 4.67. The van der Waals surface area contributed by atoms with E-state index in [1.54, 1.807) is 30.3 Å². The Labute approximate surface area is 158 Å². The van der Waals surface area contributed by atoms with E-state index in [1.165, 1.54) is 16.4 Å². The molecule has 3 aromatic rings. The zero-order chi connectivity index (χ0) is 19.0. The number of fused-ring (bicyclic) bond motifs is 1. The van der Waals surface area contributed by atoms with Gasteiger partial charge in [-0.1, -0.05) is 48.0 Å². The lowest BCUT2D eigenvalue weighted by molar-refractivity contribution is 0.592. The standard InChI is InChI=1S/C22H18FNO2S/c1-16-7-11-21(12-8-16)27(25,26)24-15-19(17-5-3-2-4-6-17)13-18-9-10-20(23)14-22(18)24/h2-14H,15H2,1H3. The maximum atomic E-state index is 13.9. The Bertz CT molecular complexity index is 1120. The van der Waals surface area contributed by atoms with Crippen LogP contribution in [0.5, 0.6) is 0 Å². The van der Waals surface area contributed by atoms with Crippen molar-refractivity contribution in [1.29, 1.82) is 0 Å². The van der Waals surface area contributed by atoms with Crippen LogP contribution in [0.2, 0.25) is 0 Å². The fraction of sp³-hybridized carbons (Fsp3) is 0.0909. The molecule has 5 heteroatoms. The second-order valence-electron chi connectivity index (χ2n) is 6.56. The van der Waals surface area contributed by atoms with E-state index in [0.29, 0.717) is 11.3 Å². The molecule has 0 bridgehead atoms. The van der Waals surface area contributed by atoms with Gasteiger partial charge in [0.05, 0.1) is 17.1 Å². The van der Waals surface area contributed by atoms with Crippen molar-refractivity contribution in [2.45, 2.75) is 11.8 Å². The van der Waals surface area contributed by atoms with E-state index in [1.807, 2.05) is 43.3 Å². The first kappa shape index (κ1) is 17.5. The molecule has 0 fully saturated rings. The SMILES string of the molecule is Cc1ccc(S(=O)(=O)N2CC(c3ccccc3)=Cc3ccc(F)cc32)cc1. The van der Waals surface area contributed by atoms with Crippen molar-refractivity contribution in [2.75, 3.05) is 10.8 Å². The number of benzene rings is 3. The van der Waals surface area contributed by atoms with E-state index < -0.39 is 15.8 Å². The van der Waals surface area contributed by atoms with Crippen molar-refractivity contribution in [1.82, 2.24) is 0 Å². The maximum Gasteiger partial charge on any atom is 0.264 e. The van der Waals surface area contributed by atoms with E-state index >= 15 is 0 Å². The molecular formula is C22H18FNO2S. The predicted molar refractivity (Wildman–Crippen MR) is 106 cm³/mol. The molecule has 1 aliphatic heterocycles. The molecule has 1 aliphatic rings. The fourth-order valence-electron chi connectivity index (χ4n) is 3.21. The molecule has 0 saturated heterocycles. The summed E-state index contributed by atoms with van der Waals surface area (Å²) < 4.78 is 41.8. The van der Waals surface area contributed by atoms with Crippen molar-refractivity contribution in [2.24, 2.45) is 0 Å². The minimum absolute atomic E-state index is 0.149. The average Bonchev–Trinajstić information content (AvgIpc) is 2.68. The molecule has 0 amide bonds. The van der Waals surface area contributed by atoms with Crippen molar-refractivity contribution >= 4 is 27.4 Å². The van der Waals surface area contributed by atoms with Crippen LogP contribution in [-0.4, -0.2) is 15.0 Å². The van der Waals surface area contributed by atoms with Crippen LogP contribution in [0, 0.1) is 12.7 Å². The van der Waals surface area contributed by atoms with Crippen LogP contribution < -0.4 is 4.31 Å². The lowest BCUT2D eigenvalue weighted by atomic mass is 9.98. The lowest BCUT2D eigenvalue weighted by Gasteiger charge is -2.31. The number of halogens is 1. The van der Waals surface area contributed by atoms with Gasteiger partial charge in [-0.15, -0.1) is 0 Å². The summed E-state index contributed by atoms with van der Waals surface area (Å²) in [4.78, 5) is 0.192. The van der Waals surface area contributed by atoms with Crippen molar-refractivity contribution in [3.05, 3.63) is 95.3 Å². The topological polar surface area (TPSA) is 37.4 Å². The molecule has 0 aromatic heterocycles. The quantitative estimate of drug-likeness (QED) is 0.650. The Morgan fingerprint density at radius 1 is 0.926 bits per heavy atom. The summed E-state index contributed by atoms with van der Waals surface area (Å²) in [6.45, 7) is 2.05. The summed E-state index contributed by atoms with van der Waals surface area (Å²) in [5.74, 6) is -0.464. The van der Waals surface area contributed by atoms with Gasteiger partial charge in [-0.2, -0.15) is 0 Å². The number of sulfonamides is 1. The number of nitrogens with zero attached hydrogens (tertiary/aromatic N) is 1. The molecule has 0 radical (unpaired) electrons. The molecule has 0 atom stereocenters. The molecule has 3 nitrogen and oxygen atoms in total. The summed E-state index contributed by atoms with van der Waals surface area (Å²) in [7, 11) is -3.82. The van der Waals surface area contributed by atoms with Gasteiger partial charge >= 0.3 is 0 Å². The lowest BCUT2D eigenvalue weighted by Crippen LogP contribution is -2.34. The van der Waals surface area contributed by atoms with E-state index in [9.17, 15) is 12.8 Å². The Morgan fingerprint density at radius 3 is 2.33 bits per heavy atom. The molecule has 0 aliphatic carbocycles. The highest BCUT2D eigenvalue weighted by molar-refractivity contribution is 7.92. The second-order valence-corrected chi connectivity index (χ2v) is 8.43. The van der Waals surface area contributed by atoms with Gasteiger partial charge in [0, 0.05) is 0 Å². The van der Waals surface area contributed by atoms with Gasteiger partial charge in [-0.25, -0.2) is 12.8 Å². The van der Waals surface area contributed by atoms with E-state index in [0.717, 1.165) is 16.7 Å².